The lowest BCUT2D eigenvalue weighted by Crippen LogP contribution is -2.38. The summed E-state index contributed by atoms with van der Waals surface area (Å²) in [5.41, 5.74) is 1.75. The van der Waals surface area contributed by atoms with Crippen LogP contribution in [0.15, 0.2) is 48.7 Å². The van der Waals surface area contributed by atoms with Crippen LogP contribution in [0.1, 0.15) is 34.8 Å². The van der Waals surface area contributed by atoms with Crippen LogP contribution in [0.4, 0.5) is 0 Å². The minimum Gasteiger partial charge on any atom is -0.508 e. The topological polar surface area (TPSA) is 53.4 Å². The SMILES string of the molecule is O=C(c1ccccn1)N1CCC(c2ccc(O)cc2)CC1. The van der Waals surface area contributed by atoms with Gasteiger partial charge in [-0.2, -0.15) is 0 Å². The molecule has 1 aliphatic heterocycles. The Morgan fingerprint density at radius 3 is 2.43 bits per heavy atom. The molecule has 1 fully saturated rings. The summed E-state index contributed by atoms with van der Waals surface area (Å²) in [7, 11) is 0. The lowest BCUT2D eigenvalue weighted by Gasteiger charge is -2.32. The molecule has 1 N–H and O–H groups in total. The van der Waals surface area contributed by atoms with Crippen LogP contribution in [-0.2, 0) is 0 Å². The summed E-state index contributed by atoms with van der Waals surface area (Å²) < 4.78 is 0. The molecule has 0 unspecified atom stereocenters. The van der Waals surface area contributed by atoms with E-state index >= 15 is 0 Å². The highest BCUT2D eigenvalue weighted by atomic mass is 16.3. The van der Waals surface area contributed by atoms with Gasteiger partial charge >= 0.3 is 0 Å². The number of carbonyl (C=O) groups excluding carboxylic acids is 1. The maximum Gasteiger partial charge on any atom is 0.272 e. The summed E-state index contributed by atoms with van der Waals surface area (Å²) in [4.78, 5) is 18.3. The molecule has 4 nitrogen and oxygen atoms in total. The van der Waals surface area contributed by atoms with Crippen molar-refractivity contribution in [1.82, 2.24) is 9.88 Å². The summed E-state index contributed by atoms with van der Waals surface area (Å²) >= 11 is 0. The lowest BCUT2D eigenvalue weighted by atomic mass is 9.89. The van der Waals surface area contributed by atoms with Gasteiger partial charge in [-0.25, -0.2) is 0 Å². The first-order valence-electron chi connectivity index (χ1n) is 7.23. The molecule has 1 saturated heterocycles. The van der Waals surface area contributed by atoms with E-state index in [1.165, 1.54) is 5.56 Å². The molecule has 0 atom stereocenters. The number of piperidine rings is 1. The maximum atomic E-state index is 12.3. The Bertz CT molecular complexity index is 602. The van der Waals surface area contributed by atoms with Gasteiger partial charge < -0.3 is 10.0 Å². The molecule has 0 bridgehead atoms. The molecule has 21 heavy (non-hydrogen) atoms. The van der Waals surface area contributed by atoms with Crippen molar-refractivity contribution in [2.45, 2.75) is 18.8 Å². The summed E-state index contributed by atoms with van der Waals surface area (Å²) in [6.07, 6.45) is 3.54. The summed E-state index contributed by atoms with van der Waals surface area (Å²) in [5.74, 6) is 0.764. The largest absolute Gasteiger partial charge is 0.508 e. The van der Waals surface area contributed by atoms with Crippen molar-refractivity contribution in [2.24, 2.45) is 0 Å². The van der Waals surface area contributed by atoms with Crippen molar-refractivity contribution in [3.05, 3.63) is 59.9 Å². The molecule has 0 radical (unpaired) electrons. The Labute approximate surface area is 124 Å². The molecule has 1 aromatic heterocycles. The van der Waals surface area contributed by atoms with E-state index in [-0.39, 0.29) is 5.91 Å². The molecular weight excluding hydrogens is 264 g/mol. The van der Waals surface area contributed by atoms with E-state index in [2.05, 4.69) is 4.98 Å². The van der Waals surface area contributed by atoms with Crippen LogP contribution in [0, 0.1) is 0 Å². The molecule has 0 aliphatic carbocycles. The zero-order valence-electron chi connectivity index (χ0n) is 11.8. The van der Waals surface area contributed by atoms with Crippen LogP contribution >= 0.6 is 0 Å². The number of carbonyl (C=O) groups is 1. The van der Waals surface area contributed by atoms with Crippen molar-refractivity contribution in [1.29, 1.82) is 0 Å². The third-order valence-electron chi connectivity index (χ3n) is 4.03. The zero-order chi connectivity index (χ0) is 14.7. The standard InChI is InChI=1S/C17H18N2O2/c20-15-6-4-13(5-7-15)14-8-11-19(12-9-14)17(21)16-3-1-2-10-18-16/h1-7,10,14,20H,8-9,11-12H2. The van der Waals surface area contributed by atoms with Gasteiger partial charge in [-0.3, -0.25) is 9.78 Å². The number of rotatable bonds is 2. The second kappa shape index (κ2) is 5.95. The minimum atomic E-state index is 0.0137. The first kappa shape index (κ1) is 13.6. The van der Waals surface area contributed by atoms with Gasteiger partial charge in [0.1, 0.15) is 11.4 Å². The molecule has 0 spiro atoms. The Morgan fingerprint density at radius 2 is 1.81 bits per heavy atom. The third kappa shape index (κ3) is 3.05. The first-order valence-corrected chi connectivity index (χ1v) is 7.23. The van der Waals surface area contributed by atoms with Crippen LogP contribution in [-0.4, -0.2) is 34.0 Å². The van der Waals surface area contributed by atoms with E-state index in [1.54, 1.807) is 24.4 Å². The van der Waals surface area contributed by atoms with Crippen molar-refractivity contribution in [2.75, 3.05) is 13.1 Å². The molecule has 2 heterocycles. The number of aromatic hydroxyl groups is 1. The molecule has 4 heteroatoms. The normalized spacial score (nSPS) is 15.9. The predicted molar refractivity (Wildman–Crippen MR) is 80.2 cm³/mol. The van der Waals surface area contributed by atoms with Crippen LogP contribution in [0.25, 0.3) is 0 Å². The fraction of sp³-hybridized carbons (Fsp3) is 0.294. The average Bonchev–Trinajstić information content (AvgIpc) is 2.56. The molecule has 1 amide bonds. The lowest BCUT2D eigenvalue weighted by molar-refractivity contribution is 0.0707. The monoisotopic (exact) mass is 282 g/mol. The molecule has 108 valence electrons. The molecule has 1 aromatic carbocycles. The Kier molecular flexibility index (Phi) is 3.86. The number of nitrogens with zero attached hydrogens (tertiary/aromatic N) is 2. The first-order chi connectivity index (χ1) is 10.2. The zero-order valence-corrected chi connectivity index (χ0v) is 11.8. The average molecular weight is 282 g/mol. The molecular formula is C17H18N2O2. The van der Waals surface area contributed by atoms with Gasteiger partial charge in [0.15, 0.2) is 0 Å². The van der Waals surface area contributed by atoms with E-state index in [0.29, 0.717) is 17.4 Å². The van der Waals surface area contributed by atoms with Gasteiger partial charge in [0.05, 0.1) is 0 Å². The number of phenolic OH excluding ortho intramolecular Hbond substituents is 1. The van der Waals surface area contributed by atoms with Crippen molar-refractivity contribution in [3.8, 4) is 5.75 Å². The van der Waals surface area contributed by atoms with E-state index in [4.69, 9.17) is 0 Å². The Balaban J connectivity index is 1.63. The number of amides is 1. The van der Waals surface area contributed by atoms with Crippen LogP contribution in [0.3, 0.4) is 0 Å². The fourth-order valence-corrected chi connectivity index (χ4v) is 2.81. The van der Waals surface area contributed by atoms with Crippen molar-refractivity contribution in [3.63, 3.8) is 0 Å². The number of aromatic nitrogens is 1. The fourth-order valence-electron chi connectivity index (χ4n) is 2.81. The van der Waals surface area contributed by atoms with Crippen LogP contribution in [0.2, 0.25) is 0 Å². The molecule has 3 rings (SSSR count). The second-order valence-corrected chi connectivity index (χ2v) is 5.37. The summed E-state index contributed by atoms with van der Waals surface area (Å²) in [5, 5.41) is 9.34. The molecule has 1 aliphatic rings. The number of likely N-dealkylation sites (tertiary alicyclic amines) is 1. The Morgan fingerprint density at radius 1 is 1.10 bits per heavy atom. The highest BCUT2D eigenvalue weighted by Crippen LogP contribution is 2.29. The van der Waals surface area contributed by atoms with Crippen molar-refractivity contribution >= 4 is 5.91 Å². The van der Waals surface area contributed by atoms with Crippen LogP contribution < -0.4 is 0 Å². The molecule has 0 saturated carbocycles. The maximum absolute atomic E-state index is 12.3. The third-order valence-corrected chi connectivity index (χ3v) is 4.03. The second-order valence-electron chi connectivity index (χ2n) is 5.37. The number of hydrogen-bond donors (Lipinski definition) is 1. The summed E-state index contributed by atoms with van der Waals surface area (Å²) in [6, 6.07) is 12.8. The van der Waals surface area contributed by atoms with E-state index in [1.807, 2.05) is 29.2 Å². The van der Waals surface area contributed by atoms with Gasteiger partial charge in [0, 0.05) is 19.3 Å². The number of hydrogen-bond acceptors (Lipinski definition) is 3. The smallest absolute Gasteiger partial charge is 0.272 e. The number of pyridine rings is 1. The van der Waals surface area contributed by atoms with Gasteiger partial charge in [-0.05, 0) is 48.6 Å². The van der Waals surface area contributed by atoms with Crippen molar-refractivity contribution < 1.29 is 9.90 Å². The Hall–Kier alpha value is -2.36. The summed E-state index contributed by atoms with van der Waals surface area (Å²) in [6.45, 7) is 1.50. The van der Waals surface area contributed by atoms with E-state index in [9.17, 15) is 9.90 Å². The van der Waals surface area contributed by atoms with E-state index < -0.39 is 0 Å². The van der Waals surface area contributed by atoms with Gasteiger partial charge in [-0.1, -0.05) is 18.2 Å². The van der Waals surface area contributed by atoms with Crippen LogP contribution in [0.5, 0.6) is 5.75 Å². The minimum absolute atomic E-state index is 0.0137. The van der Waals surface area contributed by atoms with Gasteiger partial charge in [0.2, 0.25) is 0 Å². The highest BCUT2D eigenvalue weighted by Gasteiger charge is 2.24. The van der Waals surface area contributed by atoms with Gasteiger partial charge in [0.25, 0.3) is 5.91 Å². The highest BCUT2D eigenvalue weighted by molar-refractivity contribution is 5.92. The molecule has 2 aromatic rings. The number of benzene rings is 1. The van der Waals surface area contributed by atoms with E-state index in [0.717, 1.165) is 25.9 Å². The number of phenols is 1. The predicted octanol–water partition coefficient (Wildman–Crippen LogP) is 2.81. The quantitative estimate of drug-likeness (QED) is 0.921. The van der Waals surface area contributed by atoms with Gasteiger partial charge in [-0.15, -0.1) is 0 Å².